The highest BCUT2D eigenvalue weighted by Crippen LogP contribution is 2.42. The van der Waals surface area contributed by atoms with Gasteiger partial charge in [-0.1, -0.05) is 18.2 Å². The van der Waals surface area contributed by atoms with Gasteiger partial charge in [0.1, 0.15) is 17.4 Å². The van der Waals surface area contributed by atoms with Crippen LogP contribution in [0.1, 0.15) is 18.6 Å². The summed E-state index contributed by atoms with van der Waals surface area (Å²) in [5.74, 6) is 0.652. The predicted octanol–water partition coefficient (Wildman–Crippen LogP) is 5.63. The second-order valence-electron chi connectivity index (χ2n) is 7.01. The van der Waals surface area contributed by atoms with Crippen LogP contribution in [-0.2, 0) is 9.47 Å². The fourth-order valence-corrected chi connectivity index (χ4v) is 4.64. The van der Waals surface area contributed by atoms with Crippen LogP contribution < -0.4 is 10.4 Å². The van der Waals surface area contributed by atoms with Gasteiger partial charge in [-0.3, -0.25) is 0 Å². The van der Waals surface area contributed by atoms with Crippen LogP contribution in [-0.4, -0.2) is 20.0 Å². The third-order valence-electron chi connectivity index (χ3n) is 5.11. The Labute approximate surface area is 177 Å². The Hall–Kier alpha value is -2.93. The molecule has 0 bridgehead atoms. The lowest BCUT2D eigenvalue weighted by molar-refractivity contribution is 0.0593. The summed E-state index contributed by atoms with van der Waals surface area (Å²) >= 11 is 1.64. The van der Waals surface area contributed by atoms with Gasteiger partial charge in [0.25, 0.3) is 0 Å². The largest absolute Gasteiger partial charge is 0.497 e. The number of hydrogen-bond acceptors (Lipinski definition) is 6. The number of thiophene rings is 1. The lowest BCUT2D eigenvalue weighted by Crippen LogP contribution is -1.97. The maximum atomic E-state index is 12.1. The van der Waals surface area contributed by atoms with E-state index in [-0.39, 0.29) is 18.0 Å². The van der Waals surface area contributed by atoms with Crippen LogP contribution in [0.2, 0.25) is 0 Å². The van der Waals surface area contributed by atoms with Gasteiger partial charge in [0.15, 0.2) is 6.29 Å². The maximum absolute atomic E-state index is 12.1. The summed E-state index contributed by atoms with van der Waals surface area (Å²) in [5, 5.41) is 0.878. The summed E-state index contributed by atoms with van der Waals surface area (Å²) in [7, 11) is 1.59. The Balaban J connectivity index is 1.50. The van der Waals surface area contributed by atoms with Gasteiger partial charge < -0.3 is 18.6 Å². The van der Waals surface area contributed by atoms with Crippen molar-refractivity contribution in [1.82, 2.24) is 0 Å². The van der Waals surface area contributed by atoms with Crippen LogP contribution in [0, 0.1) is 0 Å². The number of epoxide rings is 1. The Morgan fingerprint density at radius 1 is 1.03 bits per heavy atom. The minimum Gasteiger partial charge on any atom is -0.497 e. The van der Waals surface area contributed by atoms with Crippen molar-refractivity contribution >= 4 is 22.3 Å². The zero-order valence-electron chi connectivity index (χ0n) is 16.6. The first kappa shape index (κ1) is 19.1. The van der Waals surface area contributed by atoms with Crippen LogP contribution in [0.15, 0.2) is 69.9 Å². The average molecular weight is 420 g/mol. The highest BCUT2D eigenvalue weighted by molar-refractivity contribution is 7.18. The molecule has 0 amide bonds. The van der Waals surface area contributed by atoms with E-state index in [4.69, 9.17) is 18.6 Å². The summed E-state index contributed by atoms with van der Waals surface area (Å²) in [6.07, 6.45) is -0.141. The van der Waals surface area contributed by atoms with Crippen LogP contribution in [0.4, 0.5) is 0 Å². The monoisotopic (exact) mass is 420 g/mol. The number of hydrogen-bond donors (Lipinski definition) is 0. The zero-order valence-corrected chi connectivity index (χ0v) is 17.4. The van der Waals surface area contributed by atoms with Crippen molar-refractivity contribution in [3.05, 3.63) is 76.6 Å². The molecule has 0 aliphatic carbocycles. The molecule has 1 aliphatic heterocycles. The lowest BCUT2D eigenvalue weighted by Gasteiger charge is -2.05. The first-order chi connectivity index (χ1) is 14.7. The van der Waals surface area contributed by atoms with E-state index in [9.17, 15) is 4.79 Å². The van der Waals surface area contributed by atoms with Crippen molar-refractivity contribution < 1.29 is 18.6 Å². The predicted molar refractivity (Wildman–Crippen MR) is 117 cm³/mol. The van der Waals surface area contributed by atoms with E-state index in [1.54, 1.807) is 30.6 Å². The Kier molecular flexibility index (Phi) is 4.90. The van der Waals surface area contributed by atoms with Crippen molar-refractivity contribution in [2.24, 2.45) is 0 Å². The molecule has 0 spiro atoms. The molecular formula is C24H20O5S. The SMILES string of the molecule is CCOC1OC1c1cccc(-c2ccc(-c3cc(=O)oc4cc(OC)ccc34)s2)c1. The molecule has 1 aliphatic rings. The molecule has 1 fully saturated rings. The molecule has 2 aromatic carbocycles. The molecule has 5 nitrogen and oxygen atoms in total. The average Bonchev–Trinajstić information content (AvgIpc) is 3.36. The quantitative estimate of drug-likeness (QED) is 0.299. The number of methoxy groups -OCH3 is 1. The standard InChI is InChI=1S/C24H20O5S/c1-3-27-24-23(29-24)15-6-4-5-14(11-15)20-9-10-21(30-20)18-13-22(25)28-19-12-16(26-2)7-8-17(18)19/h4-13,23-24H,3H2,1-2H3. The molecule has 5 rings (SSSR count). The van der Waals surface area contributed by atoms with Crippen LogP contribution >= 0.6 is 11.3 Å². The topological polar surface area (TPSA) is 61.2 Å². The fourth-order valence-electron chi connectivity index (χ4n) is 3.61. The van der Waals surface area contributed by atoms with Crippen molar-refractivity contribution in [3.63, 3.8) is 0 Å². The molecule has 0 saturated carbocycles. The first-order valence-corrected chi connectivity index (χ1v) is 10.6. The second kappa shape index (κ2) is 7.72. The summed E-state index contributed by atoms with van der Waals surface area (Å²) < 4.78 is 21.8. The van der Waals surface area contributed by atoms with Gasteiger partial charge in [-0.15, -0.1) is 11.3 Å². The van der Waals surface area contributed by atoms with E-state index in [0.29, 0.717) is 17.9 Å². The van der Waals surface area contributed by atoms with Crippen LogP contribution in [0.5, 0.6) is 5.75 Å². The molecular weight excluding hydrogens is 400 g/mol. The van der Waals surface area contributed by atoms with Gasteiger partial charge in [0.05, 0.1) is 7.11 Å². The molecule has 0 radical (unpaired) electrons. The van der Waals surface area contributed by atoms with Gasteiger partial charge in [-0.25, -0.2) is 4.79 Å². The van der Waals surface area contributed by atoms with E-state index < -0.39 is 0 Å². The first-order valence-electron chi connectivity index (χ1n) is 9.76. The summed E-state index contributed by atoms with van der Waals surface area (Å²) in [5.41, 5.74) is 3.22. The van der Waals surface area contributed by atoms with Crippen LogP contribution in [0.3, 0.4) is 0 Å². The molecule has 30 heavy (non-hydrogen) atoms. The van der Waals surface area contributed by atoms with Gasteiger partial charge in [-0.05, 0) is 48.4 Å². The number of benzene rings is 2. The highest BCUT2D eigenvalue weighted by Gasteiger charge is 2.41. The van der Waals surface area contributed by atoms with Gasteiger partial charge in [0.2, 0.25) is 0 Å². The van der Waals surface area contributed by atoms with Crippen LogP contribution in [0.25, 0.3) is 31.9 Å². The molecule has 152 valence electrons. The number of fused-ring (bicyclic) bond motifs is 1. The van der Waals surface area contributed by atoms with E-state index in [2.05, 4.69) is 24.3 Å². The molecule has 2 unspecified atom stereocenters. The third kappa shape index (κ3) is 3.54. The van der Waals surface area contributed by atoms with Gasteiger partial charge >= 0.3 is 5.63 Å². The third-order valence-corrected chi connectivity index (χ3v) is 6.27. The molecule has 0 N–H and O–H groups in total. The number of rotatable bonds is 6. The van der Waals surface area contributed by atoms with Crippen molar-refractivity contribution in [2.75, 3.05) is 13.7 Å². The normalized spacial score (nSPS) is 17.9. The van der Waals surface area contributed by atoms with Gasteiger partial charge in [0, 0.05) is 39.4 Å². The number of ether oxygens (including phenoxy) is 3. The highest BCUT2D eigenvalue weighted by atomic mass is 32.1. The fraction of sp³-hybridized carbons (Fsp3) is 0.208. The second-order valence-corrected chi connectivity index (χ2v) is 8.09. The molecule has 3 heterocycles. The van der Waals surface area contributed by atoms with Crippen molar-refractivity contribution in [3.8, 4) is 26.6 Å². The Morgan fingerprint density at radius 3 is 2.73 bits per heavy atom. The molecule has 6 heteroatoms. The zero-order chi connectivity index (χ0) is 20.7. The molecule has 2 aromatic heterocycles. The molecule has 4 aromatic rings. The Bertz CT molecular complexity index is 1270. The smallest absolute Gasteiger partial charge is 0.336 e. The minimum atomic E-state index is -0.379. The molecule has 1 saturated heterocycles. The van der Waals surface area contributed by atoms with Gasteiger partial charge in [-0.2, -0.15) is 0 Å². The Morgan fingerprint density at radius 2 is 1.90 bits per heavy atom. The van der Waals surface area contributed by atoms with E-state index in [1.165, 1.54) is 0 Å². The lowest BCUT2D eigenvalue weighted by atomic mass is 10.1. The summed E-state index contributed by atoms with van der Waals surface area (Å²) in [6.45, 7) is 2.60. The summed E-state index contributed by atoms with van der Waals surface area (Å²) in [6, 6.07) is 19.5. The van der Waals surface area contributed by atoms with E-state index in [1.807, 2.05) is 31.2 Å². The van der Waals surface area contributed by atoms with E-state index >= 15 is 0 Å². The van der Waals surface area contributed by atoms with Crippen molar-refractivity contribution in [1.29, 1.82) is 0 Å². The summed E-state index contributed by atoms with van der Waals surface area (Å²) in [4.78, 5) is 14.3. The molecule has 2 atom stereocenters. The minimum absolute atomic E-state index is 0.00186. The maximum Gasteiger partial charge on any atom is 0.336 e. The van der Waals surface area contributed by atoms with E-state index in [0.717, 1.165) is 31.8 Å². The van der Waals surface area contributed by atoms with Crippen molar-refractivity contribution in [2.45, 2.75) is 19.3 Å².